The number of hydrogen-bond donors (Lipinski definition) is 1. The third-order valence-corrected chi connectivity index (χ3v) is 2.81. The average Bonchev–Trinajstić information content (AvgIpc) is 2.92. The maximum atomic E-state index is 13.5. The van der Waals surface area contributed by atoms with Crippen molar-refractivity contribution in [2.75, 3.05) is 0 Å². The number of benzene rings is 1. The van der Waals surface area contributed by atoms with E-state index in [9.17, 15) is 27.1 Å². The predicted molar refractivity (Wildman–Crippen MR) is 58.2 cm³/mol. The lowest BCUT2D eigenvalue weighted by Gasteiger charge is -2.13. The van der Waals surface area contributed by atoms with Crippen LogP contribution in [0.15, 0.2) is 12.4 Å². The molecule has 0 aliphatic heterocycles. The number of halogens is 5. The van der Waals surface area contributed by atoms with Gasteiger partial charge < -0.3 is 5.11 Å². The Morgan fingerprint density at radius 1 is 1.05 bits per heavy atom. The first-order valence-corrected chi connectivity index (χ1v) is 5.60. The Bertz CT molecular complexity index is 627. The van der Waals surface area contributed by atoms with Crippen LogP contribution in [0.25, 0.3) is 0 Å². The van der Waals surface area contributed by atoms with Crippen molar-refractivity contribution in [3.05, 3.63) is 52.6 Å². The highest BCUT2D eigenvalue weighted by atomic mass is 19.2. The molecule has 0 amide bonds. The number of aryl methyl sites for hydroxylation is 1. The highest BCUT2D eigenvalue weighted by Gasteiger charge is 2.30. The summed E-state index contributed by atoms with van der Waals surface area (Å²) in [6.07, 6.45) is 0.342. The van der Waals surface area contributed by atoms with Gasteiger partial charge in [-0.05, 0) is 6.92 Å². The minimum Gasteiger partial charge on any atom is -0.383 e. The Morgan fingerprint density at radius 3 is 2.00 bits per heavy atom. The monoisotopic (exact) mass is 292 g/mol. The summed E-state index contributed by atoms with van der Waals surface area (Å²) in [6.45, 7) is 2.14. The molecule has 3 nitrogen and oxygen atoms in total. The van der Waals surface area contributed by atoms with Crippen molar-refractivity contribution in [1.29, 1.82) is 0 Å². The van der Waals surface area contributed by atoms with Crippen molar-refractivity contribution < 1.29 is 27.1 Å². The molecule has 1 heterocycles. The van der Waals surface area contributed by atoms with Crippen LogP contribution in [0.5, 0.6) is 0 Å². The second-order valence-corrected chi connectivity index (χ2v) is 4.02. The molecule has 0 bridgehead atoms. The summed E-state index contributed by atoms with van der Waals surface area (Å²) in [7, 11) is 0. The van der Waals surface area contributed by atoms with E-state index in [1.165, 1.54) is 10.9 Å². The standard InChI is InChI=1S/C12H9F5N2O/c1-2-19-4-5(3-18-19)12(20)6-7(13)9(15)11(17)10(16)8(6)14/h3-4,12,20H,2H2,1H3. The molecule has 1 atom stereocenters. The van der Waals surface area contributed by atoms with Gasteiger partial charge in [0.1, 0.15) is 6.10 Å². The fourth-order valence-corrected chi connectivity index (χ4v) is 1.72. The number of aromatic nitrogens is 2. The zero-order valence-corrected chi connectivity index (χ0v) is 10.2. The third-order valence-electron chi connectivity index (χ3n) is 2.81. The molecule has 0 aliphatic rings. The molecule has 1 aromatic heterocycles. The molecule has 0 radical (unpaired) electrons. The van der Waals surface area contributed by atoms with E-state index < -0.39 is 40.8 Å². The molecule has 0 fully saturated rings. The maximum absolute atomic E-state index is 13.5. The lowest BCUT2D eigenvalue weighted by atomic mass is 10.0. The molecule has 1 unspecified atom stereocenters. The summed E-state index contributed by atoms with van der Waals surface area (Å²) >= 11 is 0. The van der Waals surface area contributed by atoms with E-state index in [1.54, 1.807) is 6.92 Å². The number of aliphatic hydroxyl groups excluding tert-OH is 1. The van der Waals surface area contributed by atoms with Gasteiger partial charge in [0, 0.05) is 18.3 Å². The minimum absolute atomic E-state index is 0.0740. The molecule has 20 heavy (non-hydrogen) atoms. The Kier molecular flexibility index (Phi) is 3.76. The van der Waals surface area contributed by atoms with Gasteiger partial charge in [0.15, 0.2) is 23.3 Å². The quantitative estimate of drug-likeness (QED) is 0.536. The Labute approximate surface area is 110 Å². The van der Waals surface area contributed by atoms with Crippen molar-refractivity contribution in [3.63, 3.8) is 0 Å². The molecule has 0 aliphatic carbocycles. The Balaban J connectivity index is 2.57. The molecular weight excluding hydrogens is 283 g/mol. The zero-order chi connectivity index (χ0) is 15.0. The number of aliphatic hydroxyl groups is 1. The molecule has 108 valence electrons. The number of nitrogens with zero attached hydrogens (tertiary/aromatic N) is 2. The summed E-state index contributed by atoms with van der Waals surface area (Å²) in [5, 5.41) is 13.6. The van der Waals surface area contributed by atoms with Crippen LogP contribution in [-0.2, 0) is 6.54 Å². The molecule has 2 aromatic rings. The van der Waals surface area contributed by atoms with Crippen LogP contribution in [0, 0.1) is 29.1 Å². The van der Waals surface area contributed by atoms with Crippen LogP contribution >= 0.6 is 0 Å². The lowest BCUT2D eigenvalue weighted by molar-refractivity contribution is 0.202. The van der Waals surface area contributed by atoms with Crippen LogP contribution < -0.4 is 0 Å². The first kappa shape index (κ1) is 14.4. The highest BCUT2D eigenvalue weighted by Crippen LogP contribution is 2.31. The van der Waals surface area contributed by atoms with Crippen LogP contribution in [0.4, 0.5) is 22.0 Å². The fraction of sp³-hybridized carbons (Fsp3) is 0.250. The van der Waals surface area contributed by atoms with Crippen molar-refractivity contribution in [3.8, 4) is 0 Å². The van der Waals surface area contributed by atoms with Crippen LogP contribution in [0.3, 0.4) is 0 Å². The molecular formula is C12H9F5N2O. The average molecular weight is 292 g/mol. The van der Waals surface area contributed by atoms with Gasteiger partial charge in [-0.25, -0.2) is 22.0 Å². The molecule has 0 saturated heterocycles. The summed E-state index contributed by atoms with van der Waals surface area (Å²) in [6, 6.07) is 0. The lowest BCUT2D eigenvalue weighted by Crippen LogP contribution is -2.12. The third kappa shape index (κ3) is 2.15. The summed E-state index contributed by atoms with van der Waals surface area (Å²) in [5.41, 5.74) is -1.37. The van der Waals surface area contributed by atoms with E-state index >= 15 is 0 Å². The van der Waals surface area contributed by atoms with Gasteiger partial charge in [-0.15, -0.1) is 0 Å². The van der Waals surface area contributed by atoms with Crippen molar-refractivity contribution in [1.82, 2.24) is 9.78 Å². The Morgan fingerprint density at radius 2 is 1.55 bits per heavy atom. The summed E-state index contributed by atoms with van der Waals surface area (Å²) < 4.78 is 67.4. The minimum atomic E-state index is -2.26. The fourth-order valence-electron chi connectivity index (χ4n) is 1.72. The van der Waals surface area contributed by atoms with Crippen LogP contribution in [0.1, 0.15) is 24.2 Å². The van der Waals surface area contributed by atoms with Gasteiger partial charge in [-0.3, -0.25) is 4.68 Å². The molecule has 2 rings (SSSR count). The van der Waals surface area contributed by atoms with Crippen molar-refractivity contribution in [2.45, 2.75) is 19.6 Å². The van der Waals surface area contributed by atoms with E-state index in [-0.39, 0.29) is 5.56 Å². The van der Waals surface area contributed by atoms with Gasteiger partial charge in [0.05, 0.1) is 11.8 Å². The largest absolute Gasteiger partial charge is 0.383 e. The number of rotatable bonds is 3. The summed E-state index contributed by atoms with van der Waals surface area (Å²) in [5.74, 6) is -10.6. The van der Waals surface area contributed by atoms with Gasteiger partial charge in [-0.2, -0.15) is 5.10 Å². The van der Waals surface area contributed by atoms with Gasteiger partial charge in [0.2, 0.25) is 5.82 Å². The van der Waals surface area contributed by atoms with Crippen LogP contribution in [0.2, 0.25) is 0 Å². The first-order chi connectivity index (χ1) is 9.38. The van der Waals surface area contributed by atoms with E-state index in [1.807, 2.05) is 0 Å². The first-order valence-electron chi connectivity index (χ1n) is 5.60. The SMILES string of the molecule is CCn1cc(C(O)c2c(F)c(F)c(F)c(F)c2F)cn1. The van der Waals surface area contributed by atoms with Crippen LogP contribution in [-0.4, -0.2) is 14.9 Å². The maximum Gasteiger partial charge on any atom is 0.200 e. The second-order valence-electron chi connectivity index (χ2n) is 4.02. The van der Waals surface area contributed by atoms with Gasteiger partial charge in [0.25, 0.3) is 0 Å². The zero-order valence-electron chi connectivity index (χ0n) is 10.2. The van der Waals surface area contributed by atoms with E-state index in [0.29, 0.717) is 6.54 Å². The Hall–Kier alpha value is -1.96. The smallest absolute Gasteiger partial charge is 0.200 e. The summed E-state index contributed by atoms with van der Waals surface area (Å²) in [4.78, 5) is 0. The normalized spacial score (nSPS) is 12.8. The highest BCUT2D eigenvalue weighted by molar-refractivity contribution is 5.31. The van der Waals surface area contributed by atoms with E-state index in [4.69, 9.17) is 0 Å². The second kappa shape index (κ2) is 5.20. The van der Waals surface area contributed by atoms with Gasteiger partial charge >= 0.3 is 0 Å². The molecule has 0 spiro atoms. The van der Waals surface area contributed by atoms with E-state index in [2.05, 4.69) is 5.10 Å². The molecule has 1 N–H and O–H groups in total. The van der Waals surface area contributed by atoms with E-state index in [0.717, 1.165) is 6.20 Å². The molecule has 1 aromatic carbocycles. The topological polar surface area (TPSA) is 38.0 Å². The molecule has 0 saturated carbocycles. The molecule has 8 heteroatoms. The predicted octanol–water partition coefficient (Wildman–Crippen LogP) is 2.68. The van der Waals surface area contributed by atoms with Crippen molar-refractivity contribution >= 4 is 0 Å². The van der Waals surface area contributed by atoms with Crippen molar-refractivity contribution in [2.24, 2.45) is 0 Å². The number of hydrogen-bond acceptors (Lipinski definition) is 2. The van der Waals surface area contributed by atoms with Gasteiger partial charge in [-0.1, -0.05) is 0 Å².